The van der Waals surface area contributed by atoms with Crippen LogP contribution in [0.4, 0.5) is 14.3 Å². The van der Waals surface area contributed by atoms with Crippen LogP contribution in [0.3, 0.4) is 0 Å². The smallest absolute Gasteiger partial charge is 0.321 e. The maximum Gasteiger partial charge on any atom is 0.321 e. The van der Waals surface area contributed by atoms with Crippen molar-refractivity contribution >= 4 is 28.3 Å². The number of hydrogen-bond donors (Lipinski definition) is 3. The van der Waals surface area contributed by atoms with Gasteiger partial charge < -0.3 is 20.2 Å². The van der Waals surface area contributed by atoms with E-state index in [1.807, 2.05) is 12.1 Å². The van der Waals surface area contributed by atoms with Gasteiger partial charge in [-0.3, -0.25) is 10.1 Å². The van der Waals surface area contributed by atoms with Gasteiger partial charge in [0.2, 0.25) is 0 Å². The molecule has 4 atom stereocenters. The number of piperidine rings is 2. The van der Waals surface area contributed by atoms with Crippen LogP contribution in [0, 0.1) is 30.5 Å². The first-order valence-electron chi connectivity index (χ1n) is 14.1. The molecule has 0 bridgehead atoms. The monoisotopic (exact) mass is 559 g/mol. The van der Waals surface area contributed by atoms with Crippen molar-refractivity contribution < 1.29 is 19.1 Å². The minimum Gasteiger partial charge on any atom is -0.396 e. The van der Waals surface area contributed by atoms with E-state index < -0.39 is 0 Å². The largest absolute Gasteiger partial charge is 0.396 e. The number of Topliss-reactive ketones (excluding diaryl/α,β-unsaturated/α-hetero) is 1. The zero-order valence-corrected chi connectivity index (χ0v) is 24.1. The van der Waals surface area contributed by atoms with E-state index >= 15 is 0 Å². The predicted molar refractivity (Wildman–Crippen MR) is 153 cm³/mol. The highest BCUT2D eigenvalue weighted by atomic mass is 32.1. The number of aryl methyl sites for hydroxylation is 1. The van der Waals surface area contributed by atoms with Crippen molar-refractivity contribution in [3.8, 4) is 0 Å². The van der Waals surface area contributed by atoms with Gasteiger partial charge >= 0.3 is 6.03 Å². The molecule has 0 radical (unpaired) electrons. The second-order valence-corrected chi connectivity index (χ2v) is 12.4. The summed E-state index contributed by atoms with van der Waals surface area (Å²) in [6.45, 7) is 11.0. The fourth-order valence-corrected chi connectivity index (χ4v) is 6.85. The number of aromatic nitrogens is 1. The minimum atomic E-state index is -0.293. The number of likely N-dealkylation sites (tertiary alicyclic amines) is 2. The summed E-state index contributed by atoms with van der Waals surface area (Å²) in [5, 5.41) is 16.0. The van der Waals surface area contributed by atoms with Crippen molar-refractivity contribution in [1.82, 2.24) is 20.1 Å². The standard InChI is InChI=1S/C29H42FN5O3S/c1-19(18-36)14-35-12-10-26(32-28(38)33-29-31-20(2)27(39-29)21(3)37)24(17-35)16-34-11-4-5-23(15-34)13-22-6-8-25(30)9-7-22/h6-9,19,23-24,26,36H,4-5,10-18H2,1-3H3,(H2,31,32,33,38)/t19-,23-,24+,26+/m0/s1. The maximum atomic E-state index is 13.3. The van der Waals surface area contributed by atoms with E-state index in [1.54, 1.807) is 6.92 Å². The van der Waals surface area contributed by atoms with Crippen LogP contribution in [-0.2, 0) is 6.42 Å². The molecule has 0 aliphatic carbocycles. The lowest BCUT2D eigenvalue weighted by Crippen LogP contribution is -2.56. The number of aliphatic hydroxyl groups excluding tert-OH is 1. The first-order chi connectivity index (χ1) is 18.7. The lowest BCUT2D eigenvalue weighted by molar-refractivity contribution is 0.0721. The van der Waals surface area contributed by atoms with Crippen molar-refractivity contribution in [2.75, 3.05) is 51.2 Å². The van der Waals surface area contributed by atoms with Crippen LogP contribution in [-0.4, -0.2) is 83.6 Å². The predicted octanol–water partition coefficient (Wildman–Crippen LogP) is 4.19. The lowest BCUT2D eigenvalue weighted by atomic mass is 9.88. The van der Waals surface area contributed by atoms with Crippen molar-refractivity contribution in [3.63, 3.8) is 0 Å². The molecule has 3 heterocycles. The molecular formula is C29H42FN5O3S. The average Bonchev–Trinajstić information content (AvgIpc) is 3.27. The zero-order valence-electron chi connectivity index (χ0n) is 23.3. The third kappa shape index (κ3) is 8.54. The van der Waals surface area contributed by atoms with Gasteiger partial charge in [-0.1, -0.05) is 30.4 Å². The second-order valence-electron chi connectivity index (χ2n) is 11.4. The number of urea groups is 1. The number of amides is 2. The van der Waals surface area contributed by atoms with Crippen molar-refractivity contribution in [1.29, 1.82) is 0 Å². The number of carbonyl (C=O) groups excluding carboxylic acids is 2. The van der Waals surface area contributed by atoms with Gasteiger partial charge in [-0.15, -0.1) is 0 Å². The fraction of sp³-hybridized carbons (Fsp3) is 0.621. The first kappa shape index (κ1) is 29.6. The normalized spacial score (nSPS) is 23.4. The van der Waals surface area contributed by atoms with E-state index in [1.165, 1.54) is 36.0 Å². The number of nitrogens with zero attached hydrogens (tertiary/aromatic N) is 3. The van der Waals surface area contributed by atoms with E-state index in [0.717, 1.165) is 65.0 Å². The van der Waals surface area contributed by atoms with Gasteiger partial charge in [0.15, 0.2) is 10.9 Å². The highest BCUT2D eigenvalue weighted by Gasteiger charge is 2.33. The molecule has 2 aromatic rings. The quantitative estimate of drug-likeness (QED) is 0.378. The highest BCUT2D eigenvalue weighted by Crippen LogP contribution is 2.26. The van der Waals surface area contributed by atoms with Crippen LogP contribution >= 0.6 is 11.3 Å². The summed E-state index contributed by atoms with van der Waals surface area (Å²) in [7, 11) is 0. The third-order valence-electron chi connectivity index (χ3n) is 7.89. The number of aliphatic hydroxyl groups is 1. The molecular weight excluding hydrogens is 517 g/mol. The zero-order chi connectivity index (χ0) is 27.9. The van der Waals surface area contributed by atoms with Gasteiger partial charge in [0.1, 0.15) is 5.82 Å². The summed E-state index contributed by atoms with van der Waals surface area (Å²) in [5.41, 5.74) is 1.80. The molecule has 214 valence electrons. The molecule has 1 aromatic carbocycles. The number of nitrogens with one attached hydrogen (secondary N) is 2. The Morgan fingerprint density at radius 3 is 2.64 bits per heavy atom. The Bertz CT molecular complexity index is 1110. The van der Waals surface area contributed by atoms with Crippen molar-refractivity contribution in [2.45, 2.75) is 52.5 Å². The molecule has 0 unspecified atom stereocenters. The molecule has 2 fully saturated rings. The van der Waals surface area contributed by atoms with Gasteiger partial charge in [-0.05, 0) is 68.7 Å². The number of rotatable bonds is 10. The number of hydrogen-bond acceptors (Lipinski definition) is 7. The molecule has 0 spiro atoms. The van der Waals surface area contributed by atoms with E-state index in [-0.39, 0.29) is 42.1 Å². The molecule has 0 saturated carbocycles. The van der Waals surface area contributed by atoms with Gasteiger partial charge in [0.05, 0.1) is 10.6 Å². The van der Waals surface area contributed by atoms with Gasteiger partial charge in [-0.25, -0.2) is 14.2 Å². The van der Waals surface area contributed by atoms with Crippen LogP contribution in [0.1, 0.15) is 54.0 Å². The molecule has 2 saturated heterocycles. The Balaban J connectivity index is 1.38. The summed E-state index contributed by atoms with van der Waals surface area (Å²) >= 11 is 1.21. The van der Waals surface area contributed by atoms with E-state index in [2.05, 4.69) is 32.3 Å². The molecule has 4 rings (SSSR count). The van der Waals surface area contributed by atoms with Crippen LogP contribution in [0.5, 0.6) is 0 Å². The Labute approximate surface area is 235 Å². The number of thiazole rings is 1. The molecule has 3 N–H and O–H groups in total. The molecule has 39 heavy (non-hydrogen) atoms. The number of benzene rings is 1. The molecule has 2 aliphatic heterocycles. The van der Waals surface area contributed by atoms with Crippen LogP contribution in [0.25, 0.3) is 0 Å². The minimum absolute atomic E-state index is 0.0106. The highest BCUT2D eigenvalue weighted by molar-refractivity contribution is 7.17. The van der Waals surface area contributed by atoms with Gasteiger partial charge in [-0.2, -0.15) is 0 Å². The van der Waals surface area contributed by atoms with E-state index in [0.29, 0.717) is 21.6 Å². The lowest BCUT2D eigenvalue weighted by Gasteiger charge is -2.43. The summed E-state index contributed by atoms with van der Waals surface area (Å²) < 4.78 is 13.3. The summed E-state index contributed by atoms with van der Waals surface area (Å²) in [6.07, 6.45) is 4.07. The van der Waals surface area contributed by atoms with Gasteiger partial charge in [0, 0.05) is 58.2 Å². The summed E-state index contributed by atoms with van der Waals surface area (Å²) in [5.74, 6) is 0.718. The average molecular weight is 560 g/mol. The third-order valence-corrected chi connectivity index (χ3v) is 9.06. The summed E-state index contributed by atoms with van der Waals surface area (Å²) in [6, 6.07) is 6.56. The topological polar surface area (TPSA) is 97.8 Å². The van der Waals surface area contributed by atoms with Crippen LogP contribution in [0.2, 0.25) is 0 Å². The van der Waals surface area contributed by atoms with Crippen LogP contribution < -0.4 is 10.6 Å². The van der Waals surface area contributed by atoms with E-state index in [9.17, 15) is 19.1 Å². The molecule has 10 heteroatoms. The van der Waals surface area contributed by atoms with E-state index in [4.69, 9.17) is 0 Å². The Hall–Kier alpha value is -2.40. The van der Waals surface area contributed by atoms with Crippen molar-refractivity contribution in [2.24, 2.45) is 17.8 Å². The summed E-state index contributed by atoms with van der Waals surface area (Å²) in [4.78, 5) is 34.6. The number of carbonyl (C=O) groups is 2. The Kier molecular flexibility index (Phi) is 10.5. The molecule has 8 nitrogen and oxygen atoms in total. The second kappa shape index (κ2) is 13.8. The molecule has 2 amide bonds. The Morgan fingerprint density at radius 2 is 1.95 bits per heavy atom. The van der Waals surface area contributed by atoms with Crippen LogP contribution in [0.15, 0.2) is 24.3 Å². The fourth-order valence-electron chi connectivity index (χ4n) is 5.99. The number of halogens is 1. The maximum absolute atomic E-state index is 13.3. The molecule has 1 aromatic heterocycles. The van der Waals surface area contributed by atoms with Gasteiger partial charge in [0.25, 0.3) is 0 Å². The first-order valence-corrected chi connectivity index (χ1v) is 14.9. The van der Waals surface area contributed by atoms with Crippen molar-refractivity contribution in [3.05, 3.63) is 46.2 Å². The number of anilines is 1. The molecule has 2 aliphatic rings. The SMILES string of the molecule is CC(=O)c1sc(NC(=O)N[C@@H]2CCN(C[C@H](C)CO)C[C@H]2CN2CCC[C@@H](Cc3ccc(F)cc3)C2)nc1C. The Morgan fingerprint density at radius 1 is 1.18 bits per heavy atom. The number of ketones is 1.